The molecule has 0 aromatic heterocycles. The third-order valence-electron chi connectivity index (χ3n) is 3.43. The predicted molar refractivity (Wildman–Crippen MR) is 51.3 cm³/mol. The normalized spacial score (nSPS) is 32.7. The molecule has 0 aromatic rings. The van der Waals surface area contributed by atoms with Crippen molar-refractivity contribution in [1.29, 1.82) is 0 Å². The van der Waals surface area contributed by atoms with Crippen LogP contribution in [0, 0.1) is 17.8 Å². The second kappa shape index (κ2) is 4.54. The minimum absolute atomic E-state index is 0.362. The number of carbonyl (C=O) groups is 1. The van der Waals surface area contributed by atoms with Crippen molar-refractivity contribution in [2.24, 2.45) is 17.8 Å². The van der Waals surface area contributed by atoms with E-state index in [-0.39, 0.29) is 5.92 Å². The lowest BCUT2D eigenvalue weighted by molar-refractivity contribution is -0.156. The lowest BCUT2D eigenvalue weighted by atomic mass is 9.74. The van der Waals surface area contributed by atoms with E-state index in [9.17, 15) is 18.0 Å². The molecule has 1 nitrogen and oxygen atoms in total. The molecule has 0 bridgehead atoms. The lowest BCUT2D eigenvalue weighted by Gasteiger charge is -2.31. The molecule has 1 fully saturated rings. The fourth-order valence-electron chi connectivity index (χ4n) is 2.18. The Kier molecular flexibility index (Phi) is 3.79. The zero-order valence-electron chi connectivity index (χ0n) is 9.10. The maximum atomic E-state index is 12.0. The summed E-state index contributed by atoms with van der Waals surface area (Å²) >= 11 is 0. The van der Waals surface area contributed by atoms with Gasteiger partial charge in [0.15, 0.2) is 0 Å². The van der Waals surface area contributed by atoms with Crippen molar-refractivity contribution >= 4 is 5.78 Å². The van der Waals surface area contributed by atoms with E-state index in [1.165, 1.54) is 0 Å². The molecule has 3 atom stereocenters. The zero-order chi connectivity index (χ0) is 11.6. The smallest absolute Gasteiger partial charge is 0.299 e. The topological polar surface area (TPSA) is 17.1 Å². The van der Waals surface area contributed by atoms with Crippen molar-refractivity contribution in [2.45, 2.75) is 45.7 Å². The number of carbonyl (C=O) groups excluding carboxylic acids is 1. The molecule has 1 saturated carbocycles. The van der Waals surface area contributed by atoms with Gasteiger partial charge < -0.3 is 0 Å². The zero-order valence-corrected chi connectivity index (χ0v) is 9.10. The fraction of sp³-hybridized carbons (Fsp3) is 0.909. The molecule has 3 unspecified atom stereocenters. The number of rotatable bonds is 2. The molecular formula is C11H17F3O. The van der Waals surface area contributed by atoms with Gasteiger partial charge in [0.1, 0.15) is 12.2 Å². The number of ketones is 1. The lowest BCUT2D eigenvalue weighted by Crippen LogP contribution is -2.29. The highest BCUT2D eigenvalue weighted by atomic mass is 19.4. The Labute approximate surface area is 88.0 Å². The fourth-order valence-corrected chi connectivity index (χ4v) is 2.18. The summed E-state index contributed by atoms with van der Waals surface area (Å²) in [5.41, 5.74) is 0. The largest absolute Gasteiger partial charge is 0.395 e. The summed E-state index contributed by atoms with van der Waals surface area (Å²) in [4.78, 5) is 11.3. The van der Waals surface area contributed by atoms with Crippen LogP contribution >= 0.6 is 0 Å². The Morgan fingerprint density at radius 1 is 1.20 bits per heavy atom. The Bertz CT molecular complexity index is 234. The molecule has 88 valence electrons. The average molecular weight is 222 g/mol. The number of Topliss-reactive ketones (excluding diaryl/α,β-unsaturated/α-hetero) is 1. The van der Waals surface area contributed by atoms with Gasteiger partial charge in [0.2, 0.25) is 0 Å². The number of hydrogen-bond acceptors (Lipinski definition) is 1. The van der Waals surface area contributed by atoms with Crippen molar-refractivity contribution in [2.75, 3.05) is 0 Å². The quantitative estimate of drug-likeness (QED) is 0.698. The molecule has 0 spiro atoms. The molecule has 0 aliphatic heterocycles. The monoisotopic (exact) mass is 222 g/mol. The van der Waals surface area contributed by atoms with Crippen LogP contribution in [0.1, 0.15) is 39.5 Å². The highest BCUT2D eigenvalue weighted by molar-refractivity contribution is 5.81. The van der Waals surface area contributed by atoms with Crippen LogP contribution in [0.2, 0.25) is 0 Å². The molecule has 0 N–H and O–H groups in total. The molecule has 0 heterocycles. The van der Waals surface area contributed by atoms with Gasteiger partial charge in [-0.2, -0.15) is 13.2 Å². The molecule has 1 aliphatic rings. The van der Waals surface area contributed by atoms with Gasteiger partial charge in [0.05, 0.1) is 0 Å². The van der Waals surface area contributed by atoms with Gasteiger partial charge in [0, 0.05) is 5.92 Å². The molecule has 1 rings (SSSR count). The first-order chi connectivity index (χ1) is 6.79. The summed E-state index contributed by atoms with van der Waals surface area (Å²) in [5.74, 6) is -0.0973. The third-order valence-corrected chi connectivity index (χ3v) is 3.43. The van der Waals surface area contributed by atoms with E-state index in [1.807, 2.05) is 6.92 Å². The summed E-state index contributed by atoms with van der Waals surface area (Å²) in [7, 11) is 0. The van der Waals surface area contributed by atoms with Crippen LogP contribution in [0.3, 0.4) is 0 Å². The molecule has 0 saturated heterocycles. The molecule has 4 heteroatoms. The Balaban J connectivity index is 2.48. The minimum Gasteiger partial charge on any atom is -0.299 e. The van der Waals surface area contributed by atoms with Crippen LogP contribution in [-0.2, 0) is 4.79 Å². The first-order valence-electron chi connectivity index (χ1n) is 5.39. The standard InChI is InChI=1S/C11H17F3O/c1-7-3-4-9(5-8(7)2)10(15)6-11(12,13)14/h7-9H,3-6H2,1-2H3. The number of alkyl halides is 3. The summed E-state index contributed by atoms with van der Waals surface area (Å²) in [5, 5.41) is 0. The van der Waals surface area contributed by atoms with Crippen LogP contribution in [-0.4, -0.2) is 12.0 Å². The Morgan fingerprint density at radius 2 is 1.80 bits per heavy atom. The summed E-state index contributed by atoms with van der Waals surface area (Å²) in [6.07, 6.45) is -3.48. The van der Waals surface area contributed by atoms with Crippen LogP contribution in [0.5, 0.6) is 0 Å². The van der Waals surface area contributed by atoms with Crippen LogP contribution in [0.25, 0.3) is 0 Å². The summed E-state index contributed by atoms with van der Waals surface area (Å²) in [6, 6.07) is 0. The average Bonchev–Trinajstić information content (AvgIpc) is 2.06. The molecule has 0 aromatic carbocycles. The van der Waals surface area contributed by atoms with Gasteiger partial charge in [-0.3, -0.25) is 4.79 Å². The van der Waals surface area contributed by atoms with Crippen LogP contribution in [0.4, 0.5) is 13.2 Å². The molecular weight excluding hydrogens is 205 g/mol. The van der Waals surface area contributed by atoms with Crippen molar-refractivity contribution in [3.63, 3.8) is 0 Å². The van der Waals surface area contributed by atoms with Gasteiger partial charge in [0.25, 0.3) is 0 Å². The summed E-state index contributed by atoms with van der Waals surface area (Å²) < 4.78 is 36.0. The second-order valence-corrected chi connectivity index (χ2v) is 4.72. The van der Waals surface area contributed by atoms with Crippen molar-refractivity contribution in [1.82, 2.24) is 0 Å². The third kappa shape index (κ3) is 3.84. The van der Waals surface area contributed by atoms with Gasteiger partial charge in [-0.1, -0.05) is 13.8 Å². The minimum atomic E-state index is -4.34. The molecule has 1 aliphatic carbocycles. The number of hydrogen-bond donors (Lipinski definition) is 0. The van der Waals surface area contributed by atoms with E-state index in [0.717, 1.165) is 6.42 Å². The highest BCUT2D eigenvalue weighted by Gasteiger charge is 2.36. The van der Waals surface area contributed by atoms with Gasteiger partial charge in [-0.15, -0.1) is 0 Å². The van der Waals surface area contributed by atoms with Crippen molar-refractivity contribution < 1.29 is 18.0 Å². The van der Waals surface area contributed by atoms with E-state index in [2.05, 4.69) is 6.92 Å². The molecule has 0 radical (unpaired) electrons. The maximum absolute atomic E-state index is 12.0. The van der Waals surface area contributed by atoms with E-state index in [4.69, 9.17) is 0 Å². The van der Waals surface area contributed by atoms with E-state index in [0.29, 0.717) is 24.7 Å². The van der Waals surface area contributed by atoms with Crippen molar-refractivity contribution in [3.8, 4) is 0 Å². The predicted octanol–water partition coefficient (Wildman–Crippen LogP) is 3.58. The van der Waals surface area contributed by atoms with Crippen LogP contribution in [0.15, 0.2) is 0 Å². The highest BCUT2D eigenvalue weighted by Crippen LogP contribution is 2.35. The van der Waals surface area contributed by atoms with E-state index < -0.39 is 18.4 Å². The van der Waals surface area contributed by atoms with E-state index >= 15 is 0 Å². The Morgan fingerprint density at radius 3 is 2.27 bits per heavy atom. The SMILES string of the molecule is CC1CCC(C(=O)CC(F)(F)F)CC1C. The van der Waals surface area contributed by atoms with Gasteiger partial charge in [-0.05, 0) is 31.1 Å². The second-order valence-electron chi connectivity index (χ2n) is 4.72. The Hall–Kier alpha value is -0.540. The first kappa shape index (κ1) is 12.5. The first-order valence-corrected chi connectivity index (χ1v) is 5.39. The summed E-state index contributed by atoms with van der Waals surface area (Å²) in [6.45, 7) is 4.10. The molecule has 0 amide bonds. The molecule has 15 heavy (non-hydrogen) atoms. The number of halogens is 3. The van der Waals surface area contributed by atoms with Gasteiger partial charge >= 0.3 is 6.18 Å². The van der Waals surface area contributed by atoms with Crippen molar-refractivity contribution in [3.05, 3.63) is 0 Å². The maximum Gasteiger partial charge on any atom is 0.395 e. The van der Waals surface area contributed by atoms with E-state index in [1.54, 1.807) is 0 Å². The van der Waals surface area contributed by atoms with Gasteiger partial charge in [-0.25, -0.2) is 0 Å². The van der Waals surface area contributed by atoms with Crippen LogP contribution < -0.4 is 0 Å².